The molecule has 1 N–H and O–H groups in total. The maximum atomic E-state index is 13.2. The van der Waals surface area contributed by atoms with E-state index in [2.05, 4.69) is 26.0 Å². The molecule has 0 unspecified atom stereocenters. The lowest BCUT2D eigenvalue weighted by molar-refractivity contribution is -0.138. The largest absolute Gasteiger partial charge is 0.386 e. The van der Waals surface area contributed by atoms with Gasteiger partial charge in [-0.15, -0.1) is 0 Å². The van der Waals surface area contributed by atoms with Crippen LogP contribution in [-0.2, 0) is 11.2 Å². The molecule has 3 nitrogen and oxygen atoms in total. The monoisotopic (exact) mass is 353 g/mol. The van der Waals surface area contributed by atoms with Gasteiger partial charge in [-0.2, -0.15) is 0 Å². The lowest BCUT2D eigenvalue weighted by Gasteiger charge is -2.32. The third-order valence-electron chi connectivity index (χ3n) is 4.99. The van der Waals surface area contributed by atoms with Crippen LogP contribution in [0.2, 0.25) is 0 Å². The molecule has 26 heavy (non-hydrogen) atoms. The summed E-state index contributed by atoms with van der Waals surface area (Å²) in [6, 6.07) is 19.4. The molecule has 0 bridgehead atoms. The molecule has 0 aliphatic heterocycles. The van der Waals surface area contributed by atoms with Gasteiger partial charge in [0.15, 0.2) is 0 Å². The molecule has 3 heteroatoms. The van der Waals surface area contributed by atoms with Gasteiger partial charge >= 0.3 is 0 Å². The van der Waals surface area contributed by atoms with E-state index in [1.165, 1.54) is 5.56 Å². The van der Waals surface area contributed by atoms with E-state index in [4.69, 9.17) is 0 Å². The highest BCUT2D eigenvalue weighted by atomic mass is 16.3. The lowest BCUT2D eigenvalue weighted by Crippen LogP contribution is -2.43. The maximum absolute atomic E-state index is 13.2. The van der Waals surface area contributed by atoms with Crippen molar-refractivity contribution in [2.45, 2.75) is 45.8 Å². The van der Waals surface area contributed by atoms with Gasteiger partial charge in [-0.25, -0.2) is 0 Å². The molecular weight excluding hydrogens is 322 g/mol. The Balaban J connectivity index is 2.12. The van der Waals surface area contributed by atoms with Crippen LogP contribution in [-0.4, -0.2) is 29.0 Å². The summed E-state index contributed by atoms with van der Waals surface area (Å²) in [5.74, 6) is 0.466. The first-order valence-corrected chi connectivity index (χ1v) is 9.43. The van der Waals surface area contributed by atoms with Crippen LogP contribution in [0, 0.1) is 11.8 Å². The topological polar surface area (TPSA) is 40.5 Å². The van der Waals surface area contributed by atoms with Gasteiger partial charge in [-0.1, -0.05) is 74.5 Å². The Morgan fingerprint density at radius 1 is 0.962 bits per heavy atom. The Morgan fingerprint density at radius 3 is 2.04 bits per heavy atom. The Hall–Kier alpha value is -2.13. The zero-order chi connectivity index (χ0) is 19.1. The molecule has 0 aliphatic carbocycles. The van der Waals surface area contributed by atoms with Crippen molar-refractivity contribution in [1.82, 2.24) is 4.90 Å². The minimum Gasteiger partial charge on any atom is -0.386 e. The number of hydrogen-bond donors (Lipinski definition) is 1. The fourth-order valence-corrected chi connectivity index (χ4v) is 3.37. The Labute approximate surface area is 157 Å². The van der Waals surface area contributed by atoms with Crippen molar-refractivity contribution in [3.8, 4) is 0 Å². The van der Waals surface area contributed by atoms with E-state index in [9.17, 15) is 9.90 Å². The summed E-state index contributed by atoms with van der Waals surface area (Å²) in [7, 11) is 1.80. The minimum atomic E-state index is -0.693. The van der Waals surface area contributed by atoms with Gasteiger partial charge in [-0.3, -0.25) is 4.79 Å². The van der Waals surface area contributed by atoms with Gasteiger partial charge in [0.25, 0.3) is 0 Å². The third-order valence-corrected chi connectivity index (χ3v) is 4.99. The second-order valence-corrected chi connectivity index (χ2v) is 7.56. The van der Waals surface area contributed by atoms with Crippen LogP contribution < -0.4 is 0 Å². The molecule has 1 amide bonds. The Kier molecular flexibility index (Phi) is 7.40. The lowest BCUT2D eigenvalue weighted by atomic mass is 9.89. The van der Waals surface area contributed by atoms with Crippen LogP contribution in [0.25, 0.3) is 0 Å². The van der Waals surface area contributed by atoms with Crippen molar-refractivity contribution in [2.24, 2.45) is 11.8 Å². The number of aliphatic hydroxyl groups is 1. The normalized spacial score (nSPS) is 14.7. The van der Waals surface area contributed by atoms with Crippen LogP contribution in [0.4, 0.5) is 0 Å². The average molecular weight is 354 g/mol. The van der Waals surface area contributed by atoms with Gasteiger partial charge in [0.1, 0.15) is 0 Å². The first-order chi connectivity index (χ1) is 12.4. The maximum Gasteiger partial charge on any atom is 0.226 e. The molecule has 0 spiro atoms. The van der Waals surface area contributed by atoms with Gasteiger partial charge < -0.3 is 10.0 Å². The first-order valence-electron chi connectivity index (χ1n) is 9.43. The van der Waals surface area contributed by atoms with E-state index in [0.29, 0.717) is 5.92 Å². The van der Waals surface area contributed by atoms with Crippen LogP contribution in [0.1, 0.15) is 44.4 Å². The number of nitrogens with zero attached hydrogens (tertiary/aromatic N) is 1. The first kappa shape index (κ1) is 20.2. The van der Waals surface area contributed by atoms with E-state index >= 15 is 0 Å². The van der Waals surface area contributed by atoms with Gasteiger partial charge in [0, 0.05) is 13.0 Å². The minimum absolute atomic E-state index is 0.0761. The summed E-state index contributed by atoms with van der Waals surface area (Å²) in [5, 5.41) is 10.7. The number of carbonyl (C=O) groups excluding carboxylic acids is 1. The standard InChI is InChI=1S/C23H31NO2/c1-17(2)15-21(16-19-11-7-5-8-12-19)23(26)24(4)18(3)22(25)20-13-9-6-10-14-20/h5-14,17-18,21-22,25H,15-16H2,1-4H3/t18-,21+,22+/m0/s1. The summed E-state index contributed by atoms with van der Waals surface area (Å²) in [5.41, 5.74) is 2.01. The van der Waals surface area contributed by atoms with Crippen molar-refractivity contribution < 1.29 is 9.90 Å². The Morgan fingerprint density at radius 2 is 1.50 bits per heavy atom. The summed E-state index contributed by atoms with van der Waals surface area (Å²) < 4.78 is 0. The number of benzene rings is 2. The van der Waals surface area contributed by atoms with E-state index in [0.717, 1.165) is 18.4 Å². The Bertz CT molecular complexity index is 669. The smallest absolute Gasteiger partial charge is 0.226 e. The third kappa shape index (κ3) is 5.43. The number of aliphatic hydroxyl groups excluding tert-OH is 1. The number of carbonyl (C=O) groups is 1. The van der Waals surface area contributed by atoms with Crippen LogP contribution in [0.5, 0.6) is 0 Å². The fraction of sp³-hybridized carbons (Fsp3) is 0.435. The SMILES string of the molecule is CC(C)C[C@H](Cc1ccccc1)C(=O)N(C)[C@@H](C)[C@@H](O)c1ccccc1. The summed E-state index contributed by atoms with van der Waals surface area (Å²) >= 11 is 0. The zero-order valence-corrected chi connectivity index (χ0v) is 16.3. The van der Waals surface area contributed by atoms with Gasteiger partial charge in [0.2, 0.25) is 5.91 Å². The molecule has 2 aromatic rings. The second kappa shape index (κ2) is 9.54. The molecule has 0 heterocycles. The quantitative estimate of drug-likeness (QED) is 0.760. The number of hydrogen-bond acceptors (Lipinski definition) is 2. The van der Waals surface area contributed by atoms with Crippen LogP contribution in [0.3, 0.4) is 0 Å². The molecule has 2 rings (SSSR count). The molecule has 0 saturated carbocycles. The molecule has 0 radical (unpaired) electrons. The average Bonchev–Trinajstić information content (AvgIpc) is 2.66. The van der Waals surface area contributed by atoms with Crippen molar-refractivity contribution in [3.63, 3.8) is 0 Å². The second-order valence-electron chi connectivity index (χ2n) is 7.56. The zero-order valence-electron chi connectivity index (χ0n) is 16.3. The molecule has 3 atom stereocenters. The van der Waals surface area contributed by atoms with Crippen molar-refractivity contribution in [2.75, 3.05) is 7.05 Å². The van der Waals surface area contributed by atoms with Gasteiger partial charge in [0.05, 0.1) is 12.1 Å². The summed E-state index contributed by atoms with van der Waals surface area (Å²) in [4.78, 5) is 14.9. The summed E-state index contributed by atoms with van der Waals surface area (Å²) in [6.07, 6.45) is 0.879. The van der Waals surface area contributed by atoms with Crippen LogP contribution in [0.15, 0.2) is 60.7 Å². The predicted molar refractivity (Wildman–Crippen MR) is 107 cm³/mol. The number of likely N-dealkylation sites (N-methyl/N-ethyl adjacent to an activating group) is 1. The summed E-state index contributed by atoms with van der Waals surface area (Å²) in [6.45, 7) is 6.20. The van der Waals surface area contributed by atoms with E-state index in [1.54, 1.807) is 11.9 Å². The number of amides is 1. The van der Waals surface area contributed by atoms with E-state index in [-0.39, 0.29) is 17.9 Å². The highest BCUT2D eigenvalue weighted by molar-refractivity contribution is 5.79. The number of rotatable bonds is 8. The molecular formula is C23H31NO2. The van der Waals surface area contributed by atoms with Crippen molar-refractivity contribution >= 4 is 5.91 Å². The molecule has 0 aliphatic rings. The van der Waals surface area contributed by atoms with Crippen LogP contribution >= 0.6 is 0 Å². The fourth-order valence-electron chi connectivity index (χ4n) is 3.37. The predicted octanol–water partition coefficient (Wildman–Crippen LogP) is 4.47. The molecule has 0 aromatic heterocycles. The van der Waals surface area contributed by atoms with E-state index < -0.39 is 6.10 Å². The molecule has 0 fully saturated rings. The van der Waals surface area contributed by atoms with Gasteiger partial charge in [-0.05, 0) is 36.8 Å². The molecule has 2 aromatic carbocycles. The van der Waals surface area contributed by atoms with E-state index in [1.807, 2.05) is 55.5 Å². The molecule has 0 saturated heterocycles. The highest BCUT2D eigenvalue weighted by Gasteiger charge is 2.29. The van der Waals surface area contributed by atoms with Crippen molar-refractivity contribution in [3.05, 3.63) is 71.8 Å². The highest BCUT2D eigenvalue weighted by Crippen LogP contribution is 2.24. The van der Waals surface area contributed by atoms with Crippen molar-refractivity contribution in [1.29, 1.82) is 0 Å². The molecule has 140 valence electrons.